The van der Waals surface area contributed by atoms with Crippen molar-refractivity contribution in [3.8, 4) is 0 Å². The van der Waals surface area contributed by atoms with Crippen LogP contribution < -0.4 is 5.73 Å². The van der Waals surface area contributed by atoms with Crippen molar-refractivity contribution >= 4 is 17.4 Å². The Bertz CT molecular complexity index is 405. The Hall–Kier alpha value is -0.670. The molecular formula is C15H24N2S. The smallest absolute Gasteiger partial charge is 0.0317 e. The molecule has 0 saturated carbocycles. The number of fused-ring (bicyclic) bond motifs is 1. The van der Waals surface area contributed by atoms with Crippen LogP contribution in [0.1, 0.15) is 37.8 Å². The topological polar surface area (TPSA) is 29.3 Å². The molecular weight excluding hydrogens is 240 g/mol. The zero-order chi connectivity index (χ0) is 13.2. The maximum Gasteiger partial charge on any atom is 0.0317 e. The molecule has 2 nitrogen and oxygen atoms in total. The van der Waals surface area contributed by atoms with Crippen LogP contribution in [0.3, 0.4) is 0 Å². The zero-order valence-electron chi connectivity index (χ0n) is 11.7. The van der Waals surface area contributed by atoms with Gasteiger partial charge < -0.3 is 5.73 Å². The van der Waals surface area contributed by atoms with Crippen LogP contribution in [0.5, 0.6) is 0 Å². The van der Waals surface area contributed by atoms with E-state index in [-0.39, 0.29) is 0 Å². The first-order chi connectivity index (χ1) is 8.62. The maximum atomic E-state index is 5.86. The van der Waals surface area contributed by atoms with E-state index in [0.717, 1.165) is 18.8 Å². The van der Waals surface area contributed by atoms with Crippen LogP contribution in [-0.2, 0) is 13.1 Å². The lowest BCUT2D eigenvalue weighted by Crippen LogP contribution is -2.37. The molecule has 3 heteroatoms. The van der Waals surface area contributed by atoms with E-state index in [0.29, 0.717) is 4.75 Å². The summed E-state index contributed by atoms with van der Waals surface area (Å²) < 4.78 is 0.410. The molecule has 0 saturated heterocycles. The summed E-state index contributed by atoms with van der Waals surface area (Å²) >= 11 is 2.02. The minimum atomic E-state index is 0.410. The van der Waals surface area contributed by atoms with Gasteiger partial charge in [-0.15, -0.1) is 0 Å². The van der Waals surface area contributed by atoms with Crippen molar-refractivity contribution in [2.24, 2.45) is 0 Å². The van der Waals surface area contributed by atoms with E-state index in [1.165, 1.54) is 30.5 Å². The molecule has 100 valence electrons. The van der Waals surface area contributed by atoms with Gasteiger partial charge in [0.15, 0.2) is 0 Å². The number of anilines is 1. The van der Waals surface area contributed by atoms with Crippen LogP contribution in [0.4, 0.5) is 5.69 Å². The molecule has 0 radical (unpaired) electrons. The fraction of sp³-hybridized carbons (Fsp3) is 0.600. The fourth-order valence-corrected chi connectivity index (χ4v) is 3.72. The third kappa shape index (κ3) is 2.67. The van der Waals surface area contributed by atoms with E-state index in [1.807, 2.05) is 17.8 Å². The van der Waals surface area contributed by atoms with Gasteiger partial charge >= 0.3 is 0 Å². The molecule has 0 amide bonds. The second-order valence-corrected chi connectivity index (χ2v) is 6.54. The summed E-state index contributed by atoms with van der Waals surface area (Å²) in [6.45, 7) is 7.93. The number of hydrogen-bond donors (Lipinski definition) is 1. The zero-order valence-corrected chi connectivity index (χ0v) is 12.5. The van der Waals surface area contributed by atoms with Crippen molar-refractivity contribution in [1.29, 1.82) is 0 Å². The third-order valence-electron chi connectivity index (χ3n) is 4.25. The molecule has 1 aliphatic heterocycles. The van der Waals surface area contributed by atoms with Gasteiger partial charge in [0.05, 0.1) is 0 Å². The van der Waals surface area contributed by atoms with Crippen LogP contribution in [0.2, 0.25) is 0 Å². The van der Waals surface area contributed by atoms with Gasteiger partial charge in [0, 0.05) is 30.1 Å². The Labute approximate surface area is 115 Å². The van der Waals surface area contributed by atoms with Gasteiger partial charge in [0.2, 0.25) is 0 Å². The van der Waals surface area contributed by atoms with Gasteiger partial charge in [-0.3, -0.25) is 4.90 Å². The highest BCUT2D eigenvalue weighted by atomic mass is 32.2. The summed E-state index contributed by atoms with van der Waals surface area (Å²) in [5, 5.41) is 0. The first-order valence-electron chi connectivity index (χ1n) is 6.77. The average Bonchev–Trinajstić information content (AvgIpc) is 2.77. The van der Waals surface area contributed by atoms with Gasteiger partial charge in [0.1, 0.15) is 0 Å². The largest absolute Gasteiger partial charge is 0.399 e. The van der Waals surface area contributed by atoms with Crippen LogP contribution >= 0.6 is 11.8 Å². The van der Waals surface area contributed by atoms with Gasteiger partial charge in [-0.1, -0.05) is 19.9 Å². The first kappa shape index (κ1) is 13.8. The van der Waals surface area contributed by atoms with Crippen molar-refractivity contribution in [2.45, 2.75) is 44.5 Å². The third-order valence-corrected chi connectivity index (χ3v) is 5.82. The average molecular weight is 264 g/mol. The number of hydrogen-bond acceptors (Lipinski definition) is 3. The fourth-order valence-electron chi connectivity index (χ4n) is 2.83. The standard InChI is InChI=1S/C15H24N2S/c1-4-15(5-2,18-3)11-17-9-12-6-7-14(16)8-13(12)10-17/h6-8H,4-5,9-11,16H2,1-3H3. The molecule has 0 spiro atoms. The minimum Gasteiger partial charge on any atom is -0.399 e. The predicted molar refractivity (Wildman–Crippen MR) is 81.8 cm³/mol. The Balaban J connectivity index is 2.07. The monoisotopic (exact) mass is 264 g/mol. The molecule has 0 fully saturated rings. The van der Waals surface area contributed by atoms with Crippen LogP contribution in [0.15, 0.2) is 18.2 Å². The molecule has 1 aromatic carbocycles. The summed E-state index contributed by atoms with van der Waals surface area (Å²) in [7, 11) is 0. The van der Waals surface area contributed by atoms with Crippen molar-refractivity contribution in [1.82, 2.24) is 4.90 Å². The number of nitrogen functional groups attached to an aromatic ring is 1. The van der Waals surface area contributed by atoms with E-state index in [2.05, 4.69) is 37.1 Å². The Morgan fingerprint density at radius 1 is 1.22 bits per heavy atom. The molecule has 1 heterocycles. The summed E-state index contributed by atoms with van der Waals surface area (Å²) in [4.78, 5) is 2.56. The lowest BCUT2D eigenvalue weighted by Gasteiger charge is -2.34. The molecule has 1 aromatic rings. The van der Waals surface area contributed by atoms with Crippen LogP contribution in [0, 0.1) is 0 Å². The highest BCUT2D eigenvalue weighted by Crippen LogP contribution is 2.34. The van der Waals surface area contributed by atoms with E-state index < -0.39 is 0 Å². The van der Waals surface area contributed by atoms with Gasteiger partial charge in [-0.05, 0) is 42.4 Å². The number of rotatable bonds is 5. The van der Waals surface area contributed by atoms with Crippen molar-refractivity contribution in [3.63, 3.8) is 0 Å². The lowest BCUT2D eigenvalue weighted by molar-refractivity contribution is 0.245. The normalized spacial score (nSPS) is 15.9. The SMILES string of the molecule is CCC(CC)(CN1Cc2ccc(N)cc2C1)SC. The van der Waals surface area contributed by atoms with E-state index in [9.17, 15) is 0 Å². The van der Waals surface area contributed by atoms with Crippen molar-refractivity contribution in [3.05, 3.63) is 29.3 Å². The number of benzene rings is 1. The highest BCUT2D eigenvalue weighted by Gasteiger charge is 2.30. The Morgan fingerprint density at radius 3 is 2.50 bits per heavy atom. The summed E-state index contributed by atoms with van der Waals surface area (Å²) in [5.41, 5.74) is 9.61. The highest BCUT2D eigenvalue weighted by molar-refractivity contribution is 8.00. The number of thioether (sulfide) groups is 1. The lowest BCUT2D eigenvalue weighted by atomic mass is 10.0. The second kappa shape index (κ2) is 5.54. The van der Waals surface area contributed by atoms with E-state index >= 15 is 0 Å². The first-order valence-corrected chi connectivity index (χ1v) is 7.99. The molecule has 0 unspecified atom stereocenters. The molecule has 0 aromatic heterocycles. The molecule has 2 N–H and O–H groups in total. The molecule has 1 aliphatic rings. The van der Waals surface area contributed by atoms with Crippen LogP contribution in [0.25, 0.3) is 0 Å². The second-order valence-electron chi connectivity index (χ2n) is 5.27. The van der Waals surface area contributed by atoms with E-state index in [1.54, 1.807) is 0 Å². The number of nitrogens with zero attached hydrogens (tertiary/aromatic N) is 1. The van der Waals surface area contributed by atoms with Gasteiger partial charge in [-0.25, -0.2) is 0 Å². The van der Waals surface area contributed by atoms with Crippen LogP contribution in [-0.4, -0.2) is 22.4 Å². The maximum absolute atomic E-state index is 5.86. The summed E-state index contributed by atoms with van der Waals surface area (Å²) in [6, 6.07) is 6.33. The van der Waals surface area contributed by atoms with Gasteiger partial charge in [-0.2, -0.15) is 11.8 Å². The molecule has 2 rings (SSSR count). The number of nitrogens with two attached hydrogens (primary N) is 1. The predicted octanol–water partition coefficient (Wildman–Crippen LogP) is 3.51. The van der Waals surface area contributed by atoms with Crippen molar-refractivity contribution in [2.75, 3.05) is 18.5 Å². The van der Waals surface area contributed by atoms with Crippen molar-refractivity contribution < 1.29 is 0 Å². The Kier molecular flexibility index (Phi) is 4.23. The molecule has 18 heavy (non-hydrogen) atoms. The van der Waals surface area contributed by atoms with Gasteiger partial charge in [0.25, 0.3) is 0 Å². The molecule has 0 atom stereocenters. The quantitative estimate of drug-likeness (QED) is 0.825. The summed E-state index contributed by atoms with van der Waals surface area (Å²) in [6.07, 6.45) is 4.72. The Morgan fingerprint density at radius 2 is 1.89 bits per heavy atom. The minimum absolute atomic E-state index is 0.410. The van der Waals surface area contributed by atoms with E-state index in [4.69, 9.17) is 5.73 Å². The summed E-state index contributed by atoms with van der Waals surface area (Å²) in [5.74, 6) is 0. The molecule has 0 aliphatic carbocycles. The molecule has 0 bridgehead atoms.